The Labute approximate surface area is 77.4 Å². The van der Waals surface area contributed by atoms with Crippen molar-refractivity contribution in [3.63, 3.8) is 0 Å². The topological polar surface area (TPSA) is 17.1 Å². The van der Waals surface area contributed by atoms with Crippen molar-refractivity contribution < 1.29 is 4.79 Å². The minimum Gasteiger partial charge on any atom is -0.303 e. The van der Waals surface area contributed by atoms with Crippen LogP contribution < -0.4 is 0 Å². The van der Waals surface area contributed by atoms with E-state index in [4.69, 9.17) is 11.6 Å². The molecule has 1 nitrogen and oxygen atoms in total. The number of hydrogen-bond acceptors (Lipinski definition) is 1. The van der Waals surface area contributed by atoms with Gasteiger partial charge in [-0.2, -0.15) is 0 Å². The van der Waals surface area contributed by atoms with Crippen molar-refractivity contribution in [1.82, 2.24) is 0 Å². The van der Waals surface area contributed by atoms with Crippen molar-refractivity contribution in [2.45, 2.75) is 12.8 Å². The van der Waals surface area contributed by atoms with Gasteiger partial charge in [0.25, 0.3) is 0 Å². The maximum absolute atomic E-state index is 10.5. The Hall–Kier alpha value is -0.820. The van der Waals surface area contributed by atoms with Crippen molar-refractivity contribution in [3.8, 4) is 0 Å². The van der Waals surface area contributed by atoms with E-state index in [0.29, 0.717) is 5.88 Å². The first-order chi connectivity index (χ1) is 5.77. The van der Waals surface area contributed by atoms with Crippen LogP contribution in [0.4, 0.5) is 0 Å². The third-order valence-corrected chi connectivity index (χ3v) is 2.17. The highest BCUT2D eigenvalue weighted by Gasteiger charge is 2.07. The number of rotatable bonds is 3. The second kappa shape index (κ2) is 4.27. The van der Waals surface area contributed by atoms with Crippen LogP contribution in [0.1, 0.15) is 17.0 Å². The van der Waals surface area contributed by atoms with E-state index in [1.165, 1.54) is 5.56 Å². The van der Waals surface area contributed by atoms with E-state index in [-0.39, 0.29) is 5.92 Å². The zero-order valence-corrected chi connectivity index (χ0v) is 7.71. The quantitative estimate of drug-likeness (QED) is 0.519. The van der Waals surface area contributed by atoms with Crippen molar-refractivity contribution in [2.24, 2.45) is 0 Å². The first kappa shape index (κ1) is 9.27. The largest absolute Gasteiger partial charge is 0.303 e. The average Bonchev–Trinajstić information content (AvgIpc) is 2.10. The van der Waals surface area contributed by atoms with Gasteiger partial charge in [-0.05, 0) is 12.5 Å². The summed E-state index contributed by atoms with van der Waals surface area (Å²) in [7, 11) is 0. The summed E-state index contributed by atoms with van der Waals surface area (Å²) < 4.78 is 0. The zero-order chi connectivity index (χ0) is 8.97. The fourth-order valence-corrected chi connectivity index (χ4v) is 1.27. The highest BCUT2D eigenvalue weighted by atomic mass is 35.5. The number of alkyl halides is 1. The smallest absolute Gasteiger partial charge is 0.128 e. The van der Waals surface area contributed by atoms with Crippen LogP contribution in [-0.2, 0) is 4.79 Å². The van der Waals surface area contributed by atoms with Gasteiger partial charge in [0.15, 0.2) is 0 Å². The fraction of sp³-hybridized carbons (Fsp3) is 0.300. The van der Waals surface area contributed by atoms with Gasteiger partial charge in [0.2, 0.25) is 0 Å². The van der Waals surface area contributed by atoms with E-state index in [2.05, 4.69) is 0 Å². The lowest BCUT2D eigenvalue weighted by atomic mass is 10.0. The molecule has 0 aromatic heterocycles. The number of benzene rings is 1. The standard InChI is InChI=1S/C10H11ClO/c1-8-2-4-9(5-3-8)10(6-11)7-12/h2-5,7,10H,6H2,1H3. The van der Waals surface area contributed by atoms with Crippen LogP contribution in [-0.4, -0.2) is 12.2 Å². The van der Waals surface area contributed by atoms with Crippen LogP contribution in [0.5, 0.6) is 0 Å². The molecule has 0 bridgehead atoms. The van der Waals surface area contributed by atoms with E-state index in [9.17, 15) is 4.79 Å². The maximum Gasteiger partial charge on any atom is 0.128 e. The number of halogens is 1. The molecule has 0 aliphatic carbocycles. The first-order valence-corrected chi connectivity index (χ1v) is 4.39. The molecule has 1 atom stereocenters. The molecule has 0 heterocycles. The molecule has 2 heteroatoms. The maximum atomic E-state index is 10.5. The molecule has 0 amide bonds. The molecule has 0 radical (unpaired) electrons. The van der Waals surface area contributed by atoms with Gasteiger partial charge < -0.3 is 4.79 Å². The van der Waals surface area contributed by atoms with Crippen molar-refractivity contribution in [2.75, 3.05) is 5.88 Å². The van der Waals surface area contributed by atoms with E-state index in [1.807, 2.05) is 31.2 Å². The molecule has 1 unspecified atom stereocenters. The van der Waals surface area contributed by atoms with Crippen LogP contribution in [0.3, 0.4) is 0 Å². The SMILES string of the molecule is Cc1ccc(C(C=O)CCl)cc1. The van der Waals surface area contributed by atoms with Crippen LogP contribution in [0.2, 0.25) is 0 Å². The van der Waals surface area contributed by atoms with Gasteiger partial charge in [-0.15, -0.1) is 11.6 Å². The van der Waals surface area contributed by atoms with Gasteiger partial charge in [-0.3, -0.25) is 0 Å². The van der Waals surface area contributed by atoms with E-state index >= 15 is 0 Å². The molecule has 0 spiro atoms. The van der Waals surface area contributed by atoms with Crippen LogP contribution in [0.15, 0.2) is 24.3 Å². The van der Waals surface area contributed by atoms with Crippen molar-refractivity contribution in [3.05, 3.63) is 35.4 Å². The monoisotopic (exact) mass is 182 g/mol. The molecule has 0 aliphatic heterocycles. The predicted octanol–water partition coefficient (Wildman–Crippen LogP) is 2.52. The number of carbonyl (C=O) groups is 1. The molecule has 1 rings (SSSR count). The minimum absolute atomic E-state index is 0.160. The number of hydrogen-bond donors (Lipinski definition) is 0. The molecule has 0 saturated heterocycles. The van der Waals surface area contributed by atoms with E-state index < -0.39 is 0 Å². The van der Waals surface area contributed by atoms with Gasteiger partial charge in [0, 0.05) is 5.88 Å². The third-order valence-electron chi connectivity index (χ3n) is 1.84. The van der Waals surface area contributed by atoms with Gasteiger partial charge in [0.1, 0.15) is 6.29 Å². The number of aldehydes is 1. The second-order valence-corrected chi connectivity index (χ2v) is 3.12. The molecule has 1 aromatic carbocycles. The Morgan fingerprint density at radius 3 is 2.42 bits per heavy atom. The summed E-state index contributed by atoms with van der Waals surface area (Å²) in [5.74, 6) is 0.194. The van der Waals surface area contributed by atoms with E-state index in [1.54, 1.807) is 0 Å². The summed E-state index contributed by atoms with van der Waals surface area (Å²) >= 11 is 5.61. The Balaban J connectivity index is 2.87. The molecular weight excluding hydrogens is 172 g/mol. The lowest BCUT2D eigenvalue weighted by Crippen LogP contribution is -2.01. The summed E-state index contributed by atoms with van der Waals surface area (Å²) in [6, 6.07) is 7.85. The highest BCUT2D eigenvalue weighted by molar-refractivity contribution is 6.19. The van der Waals surface area contributed by atoms with E-state index in [0.717, 1.165) is 11.8 Å². The Kier molecular flexibility index (Phi) is 3.30. The highest BCUT2D eigenvalue weighted by Crippen LogP contribution is 2.15. The first-order valence-electron chi connectivity index (χ1n) is 3.85. The molecule has 0 aliphatic rings. The van der Waals surface area contributed by atoms with Gasteiger partial charge in [-0.25, -0.2) is 0 Å². The van der Waals surface area contributed by atoms with Crippen LogP contribution in [0.25, 0.3) is 0 Å². The zero-order valence-electron chi connectivity index (χ0n) is 6.96. The molecule has 64 valence electrons. The lowest BCUT2D eigenvalue weighted by Gasteiger charge is -2.05. The summed E-state index contributed by atoms with van der Waals surface area (Å²) in [5, 5.41) is 0. The van der Waals surface area contributed by atoms with Crippen LogP contribution >= 0.6 is 11.6 Å². The van der Waals surface area contributed by atoms with Crippen molar-refractivity contribution in [1.29, 1.82) is 0 Å². The summed E-state index contributed by atoms with van der Waals surface area (Å²) in [6.45, 7) is 2.01. The summed E-state index contributed by atoms with van der Waals surface area (Å²) in [5.41, 5.74) is 2.18. The van der Waals surface area contributed by atoms with Crippen LogP contribution in [0, 0.1) is 6.92 Å². The Bertz CT molecular complexity index is 253. The van der Waals surface area contributed by atoms with Gasteiger partial charge in [0.05, 0.1) is 5.92 Å². The van der Waals surface area contributed by atoms with Gasteiger partial charge >= 0.3 is 0 Å². The van der Waals surface area contributed by atoms with Gasteiger partial charge in [-0.1, -0.05) is 29.8 Å². The molecule has 0 fully saturated rings. The lowest BCUT2D eigenvalue weighted by molar-refractivity contribution is -0.108. The minimum atomic E-state index is -0.160. The molecule has 0 N–H and O–H groups in total. The number of aryl methyl sites for hydroxylation is 1. The normalized spacial score (nSPS) is 12.5. The fourth-order valence-electron chi connectivity index (χ4n) is 1.02. The number of carbonyl (C=O) groups excluding carboxylic acids is 1. The summed E-state index contributed by atoms with van der Waals surface area (Å²) in [6.07, 6.45) is 0.887. The second-order valence-electron chi connectivity index (χ2n) is 2.81. The average molecular weight is 183 g/mol. The molecular formula is C10H11ClO. The molecule has 1 aromatic rings. The van der Waals surface area contributed by atoms with Crippen molar-refractivity contribution >= 4 is 17.9 Å². The Morgan fingerprint density at radius 2 is 2.00 bits per heavy atom. The Morgan fingerprint density at radius 1 is 1.42 bits per heavy atom. The summed E-state index contributed by atoms with van der Waals surface area (Å²) in [4.78, 5) is 10.5. The molecule has 12 heavy (non-hydrogen) atoms. The molecule has 0 saturated carbocycles. The third kappa shape index (κ3) is 2.08. The predicted molar refractivity (Wildman–Crippen MR) is 50.7 cm³/mol.